The van der Waals surface area contributed by atoms with Crippen LogP contribution in [-0.4, -0.2) is 58.0 Å². The van der Waals surface area contributed by atoms with Crippen LogP contribution in [0.25, 0.3) is 0 Å². The van der Waals surface area contributed by atoms with Gasteiger partial charge in [0, 0.05) is 48.7 Å². The van der Waals surface area contributed by atoms with Crippen LogP contribution in [0.3, 0.4) is 0 Å². The summed E-state index contributed by atoms with van der Waals surface area (Å²) >= 11 is 0. The Kier molecular flexibility index (Phi) is 8.56. The number of rotatable bonds is 10. The standard InChI is InChI=1S/C31H42N4O5/c1-5-8-23(35-27(37)26-19-38-29(39-26)21-9-6-12-32-17-21)25(36)18-33-24-15-31(10-7-11-31)40-28-22(24)13-20(16-34-28)14-30(2,3)4/h5-6,9,12-13,16-17,23-26,29,33,36H,1,7-8,10-11,14-15,18-19H2,2-4H3,(H,35,37)/t23-,24-,25+,26?,29?/m0/s1. The van der Waals surface area contributed by atoms with Crippen LogP contribution in [0, 0.1) is 5.41 Å². The Balaban J connectivity index is 1.22. The van der Waals surface area contributed by atoms with Gasteiger partial charge in [-0.15, -0.1) is 6.58 Å². The van der Waals surface area contributed by atoms with Crippen molar-refractivity contribution < 1.29 is 24.1 Å². The normalized spacial score (nSPS) is 24.9. The molecule has 1 amide bonds. The van der Waals surface area contributed by atoms with E-state index < -0.39 is 24.5 Å². The largest absolute Gasteiger partial charge is 0.471 e. The molecule has 2 fully saturated rings. The number of ether oxygens (including phenoxy) is 3. The first-order chi connectivity index (χ1) is 19.1. The lowest BCUT2D eigenvalue weighted by atomic mass is 9.73. The van der Waals surface area contributed by atoms with E-state index in [0.29, 0.717) is 18.8 Å². The second-order valence-corrected chi connectivity index (χ2v) is 12.6. The van der Waals surface area contributed by atoms with Crippen LogP contribution in [-0.2, 0) is 20.7 Å². The molecule has 40 heavy (non-hydrogen) atoms. The Labute approximate surface area is 236 Å². The third-order valence-corrected chi connectivity index (χ3v) is 7.92. The summed E-state index contributed by atoms with van der Waals surface area (Å²) in [5, 5.41) is 17.7. The van der Waals surface area contributed by atoms with E-state index in [2.05, 4.69) is 49.0 Å². The molecule has 5 atom stereocenters. The monoisotopic (exact) mass is 550 g/mol. The van der Waals surface area contributed by atoms with Crippen molar-refractivity contribution in [1.29, 1.82) is 0 Å². The van der Waals surface area contributed by atoms with Crippen LogP contribution in [0.5, 0.6) is 5.88 Å². The highest BCUT2D eigenvalue weighted by atomic mass is 16.7. The third-order valence-electron chi connectivity index (χ3n) is 7.92. The van der Waals surface area contributed by atoms with Crippen molar-refractivity contribution in [2.24, 2.45) is 5.41 Å². The number of aliphatic hydroxyl groups is 1. The molecular weight excluding hydrogens is 508 g/mol. The van der Waals surface area contributed by atoms with Crippen LogP contribution in [0.2, 0.25) is 0 Å². The molecule has 2 aromatic rings. The fourth-order valence-corrected chi connectivity index (χ4v) is 5.75. The fourth-order valence-electron chi connectivity index (χ4n) is 5.75. The van der Waals surface area contributed by atoms with Crippen LogP contribution < -0.4 is 15.4 Å². The highest BCUT2D eigenvalue weighted by Gasteiger charge is 2.46. The molecule has 5 rings (SSSR count). The van der Waals surface area contributed by atoms with Crippen molar-refractivity contribution in [3.05, 3.63) is 66.1 Å². The van der Waals surface area contributed by atoms with Gasteiger partial charge in [0.25, 0.3) is 5.91 Å². The highest BCUT2D eigenvalue weighted by molar-refractivity contribution is 5.81. The van der Waals surface area contributed by atoms with Crippen LogP contribution in [0.15, 0.2) is 49.4 Å². The predicted molar refractivity (Wildman–Crippen MR) is 151 cm³/mol. The Bertz CT molecular complexity index is 1180. The van der Waals surface area contributed by atoms with Gasteiger partial charge < -0.3 is 30.0 Å². The number of fused-ring (bicyclic) bond motifs is 1. The first-order valence-corrected chi connectivity index (χ1v) is 14.3. The Morgan fingerprint density at radius 3 is 2.83 bits per heavy atom. The maximum Gasteiger partial charge on any atom is 0.252 e. The number of aliphatic hydroxyl groups excluding tert-OH is 1. The summed E-state index contributed by atoms with van der Waals surface area (Å²) in [7, 11) is 0. The number of carbonyl (C=O) groups is 1. The van der Waals surface area contributed by atoms with Gasteiger partial charge >= 0.3 is 0 Å². The van der Waals surface area contributed by atoms with Crippen molar-refractivity contribution >= 4 is 5.91 Å². The summed E-state index contributed by atoms with van der Waals surface area (Å²) in [5.41, 5.74) is 2.92. The number of aromatic nitrogens is 2. The van der Waals surface area contributed by atoms with E-state index in [-0.39, 0.29) is 29.6 Å². The van der Waals surface area contributed by atoms with E-state index in [1.165, 1.54) is 5.56 Å². The van der Waals surface area contributed by atoms with Gasteiger partial charge in [-0.05, 0) is 55.2 Å². The summed E-state index contributed by atoms with van der Waals surface area (Å²) < 4.78 is 17.9. The number of hydrogen-bond acceptors (Lipinski definition) is 8. The second-order valence-electron chi connectivity index (χ2n) is 12.6. The van der Waals surface area contributed by atoms with Crippen LogP contribution in [0.4, 0.5) is 0 Å². The number of nitrogens with one attached hydrogen (secondary N) is 2. The van der Waals surface area contributed by atoms with E-state index >= 15 is 0 Å². The molecule has 0 bridgehead atoms. The van der Waals surface area contributed by atoms with Gasteiger partial charge in [-0.2, -0.15) is 0 Å². The number of amides is 1. The van der Waals surface area contributed by atoms with Crippen molar-refractivity contribution in [2.75, 3.05) is 13.2 Å². The zero-order valence-electron chi connectivity index (χ0n) is 23.8. The van der Waals surface area contributed by atoms with Gasteiger partial charge in [-0.1, -0.05) is 32.9 Å². The van der Waals surface area contributed by atoms with E-state index in [0.717, 1.165) is 43.2 Å². The molecule has 1 aliphatic carbocycles. The van der Waals surface area contributed by atoms with E-state index in [4.69, 9.17) is 19.2 Å². The number of hydrogen-bond donors (Lipinski definition) is 3. The molecule has 9 nitrogen and oxygen atoms in total. The van der Waals surface area contributed by atoms with Gasteiger partial charge in [0.15, 0.2) is 12.4 Å². The SMILES string of the molecule is C=CC[C@H](NC(=O)C1COC(c2cccnc2)O1)[C@H](O)CN[C@H]1CC2(CCC2)Oc2ncc(CC(C)(C)C)cc21. The number of nitrogens with zero attached hydrogens (tertiary/aromatic N) is 2. The molecule has 3 aliphatic rings. The lowest BCUT2D eigenvalue weighted by Crippen LogP contribution is -2.53. The summed E-state index contributed by atoms with van der Waals surface area (Å²) in [6.07, 6.45) is 10.0. The average molecular weight is 551 g/mol. The molecule has 216 valence electrons. The molecule has 1 saturated carbocycles. The Hall–Kier alpha value is -2.85. The third kappa shape index (κ3) is 6.71. The second kappa shape index (κ2) is 11.9. The summed E-state index contributed by atoms with van der Waals surface area (Å²) in [6, 6.07) is 5.31. The predicted octanol–water partition coefficient (Wildman–Crippen LogP) is 3.94. The minimum absolute atomic E-state index is 0.00185. The minimum atomic E-state index is -0.840. The molecule has 1 spiro atoms. The lowest BCUT2D eigenvalue weighted by Gasteiger charge is -2.47. The summed E-state index contributed by atoms with van der Waals surface area (Å²) in [4.78, 5) is 21.8. The van der Waals surface area contributed by atoms with Gasteiger partial charge in [-0.3, -0.25) is 9.78 Å². The van der Waals surface area contributed by atoms with Crippen molar-refractivity contribution in [3.63, 3.8) is 0 Å². The minimum Gasteiger partial charge on any atom is -0.471 e. The smallest absolute Gasteiger partial charge is 0.252 e. The molecule has 2 aliphatic heterocycles. The number of pyridine rings is 2. The first-order valence-electron chi connectivity index (χ1n) is 14.3. The lowest BCUT2D eigenvalue weighted by molar-refractivity contribution is -0.135. The molecular formula is C31H42N4O5. The molecule has 4 heterocycles. The molecule has 0 radical (unpaired) electrons. The Morgan fingerprint density at radius 1 is 1.32 bits per heavy atom. The van der Waals surface area contributed by atoms with Gasteiger partial charge in [-0.25, -0.2) is 4.98 Å². The van der Waals surface area contributed by atoms with E-state index in [1.54, 1.807) is 24.5 Å². The first kappa shape index (κ1) is 28.7. The topological polar surface area (TPSA) is 115 Å². The molecule has 9 heteroatoms. The van der Waals surface area contributed by atoms with Gasteiger partial charge in [0.1, 0.15) is 5.60 Å². The molecule has 1 saturated heterocycles. The van der Waals surface area contributed by atoms with Gasteiger partial charge in [0.2, 0.25) is 5.88 Å². The zero-order valence-corrected chi connectivity index (χ0v) is 23.8. The quantitative estimate of drug-likeness (QED) is 0.381. The maximum absolute atomic E-state index is 13.0. The van der Waals surface area contributed by atoms with Crippen LogP contribution >= 0.6 is 0 Å². The molecule has 3 N–H and O–H groups in total. The van der Waals surface area contributed by atoms with Crippen molar-refractivity contribution in [3.8, 4) is 5.88 Å². The molecule has 0 aromatic carbocycles. The summed E-state index contributed by atoms with van der Waals surface area (Å²) in [5.74, 6) is 0.367. The maximum atomic E-state index is 13.0. The molecule has 2 aromatic heterocycles. The summed E-state index contributed by atoms with van der Waals surface area (Å²) in [6.45, 7) is 10.9. The van der Waals surface area contributed by atoms with E-state index in [1.807, 2.05) is 12.3 Å². The molecule has 2 unspecified atom stereocenters. The van der Waals surface area contributed by atoms with Gasteiger partial charge in [0.05, 0.1) is 18.8 Å². The highest BCUT2D eigenvalue weighted by Crippen LogP contribution is 2.48. The number of carbonyl (C=O) groups excluding carboxylic acids is 1. The average Bonchev–Trinajstić information content (AvgIpc) is 3.41. The fraction of sp³-hybridized carbons (Fsp3) is 0.581. The van der Waals surface area contributed by atoms with Crippen molar-refractivity contribution in [1.82, 2.24) is 20.6 Å². The van der Waals surface area contributed by atoms with E-state index in [9.17, 15) is 9.90 Å². The van der Waals surface area contributed by atoms with Crippen LogP contribution in [0.1, 0.15) is 81.9 Å². The Morgan fingerprint density at radius 2 is 2.15 bits per heavy atom. The zero-order chi connectivity index (χ0) is 28.3. The van der Waals surface area contributed by atoms with Crippen molar-refractivity contribution in [2.45, 2.75) is 95.5 Å².